The van der Waals surface area contributed by atoms with Crippen LogP contribution in [-0.4, -0.2) is 17.9 Å². The van der Waals surface area contributed by atoms with Crippen molar-refractivity contribution in [3.05, 3.63) is 63.6 Å². The van der Waals surface area contributed by atoms with Crippen molar-refractivity contribution < 1.29 is 4.79 Å². The molecule has 2 N–H and O–H groups in total. The van der Waals surface area contributed by atoms with Gasteiger partial charge in [0.2, 0.25) is 0 Å². The highest BCUT2D eigenvalue weighted by Gasteiger charge is 2.18. The molecule has 0 radical (unpaired) electrons. The van der Waals surface area contributed by atoms with Gasteiger partial charge in [-0.15, -0.1) is 0 Å². The minimum atomic E-state index is -0.261. The van der Waals surface area contributed by atoms with E-state index >= 15 is 0 Å². The SMILES string of the molecule is CN(C(=O)c1cccc(Cl)c1Cl)c1cccc(C(N)=S)c1. The quantitative estimate of drug-likeness (QED) is 0.863. The van der Waals surface area contributed by atoms with Crippen LogP contribution < -0.4 is 10.6 Å². The molecule has 2 rings (SSSR count). The number of nitrogens with zero attached hydrogens (tertiary/aromatic N) is 1. The molecule has 0 heterocycles. The first kappa shape index (κ1) is 15.8. The van der Waals surface area contributed by atoms with Gasteiger partial charge in [0.15, 0.2) is 0 Å². The lowest BCUT2D eigenvalue weighted by Gasteiger charge is -2.19. The number of anilines is 1. The van der Waals surface area contributed by atoms with Crippen molar-refractivity contribution >= 4 is 52.0 Å². The number of hydrogen-bond donors (Lipinski definition) is 1. The Bertz CT molecular complexity index is 719. The molecule has 2 aromatic carbocycles. The highest BCUT2D eigenvalue weighted by atomic mass is 35.5. The van der Waals surface area contributed by atoms with Gasteiger partial charge in [-0.05, 0) is 24.3 Å². The van der Waals surface area contributed by atoms with Gasteiger partial charge in [0.05, 0.1) is 15.6 Å². The number of hydrogen-bond acceptors (Lipinski definition) is 2. The smallest absolute Gasteiger partial charge is 0.259 e. The highest BCUT2D eigenvalue weighted by molar-refractivity contribution is 7.80. The van der Waals surface area contributed by atoms with Crippen LogP contribution in [-0.2, 0) is 0 Å². The normalized spacial score (nSPS) is 10.2. The number of carbonyl (C=O) groups is 1. The molecule has 0 bridgehead atoms. The first-order valence-electron chi connectivity index (χ1n) is 6.03. The number of benzene rings is 2. The lowest BCUT2D eigenvalue weighted by molar-refractivity contribution is 0.0993. The third-order valence-electron chi connectivity index (χ3n) is 3.00. The summed E-state index contributed by atoms with van der Waals surface area (Å²) in [5.74, 6) is -0.261. The van der Waals surface area contributed by atoms with Gasteiger partial charge >= 0.3 is 0 Å². The van der Waals surface area contributed by atoms with Crippen molar-refractivity contribution in [1.82, 2.24) is 0 Å². The monoisotopic (exact) mass is 338 g/mol. The highest BCUT2D eigenvalue weighted by Crippen LogP contribution is 2.27. The molecule has 0 unspecified atom stereocenters. The molecule has 0 aliphatic rings. The molecule has 0 saturated carbocycles. The maximum Gasteiger partial charge on any atom is 0.259 e. The number of thiocarbonyl (C=S) groups is 1. The molecule has 6 heteroatoms. The number of nitrogens with two attached hydrogens (primary N) is 1. The average molecular weight is 339 g/mol. The van der Waals surface area contributed by atoms with Crippen molar-refractivity contribution in [2.75, 3.05) is 11.9 Å². The second-order valence-corrected chi connectivity index (χ2v) is 5.61. The predicted octanol–water partition coefficient (Wildman–Crippen LogP) is 3.90. The van der Waals surface area contributed by atoms with E-state index in [1.807, 2.05) is 0 Å². The lowest BCUT2D eigenvalue weighted by Crippen LogP contribution is -2.27. The molecule has 0 aliphatic heterocycles. The van der Waals surface area contributed by atoms with Gasteiger partial charge in [-0.1, -0.05) is 53.6 Å². The molecule has 0 aliphatic carbocycles. The van der Waals surface area contributed by atoms with Crippen molar-refractivity contribution in [3.63, 3.8) is 0 Å². The molecule has 0 saturated heterocycles. The van der Waals surface area contributed by atoms with Crippen LogP contribution in [0.1, 0.15) is 15.9 Å². The number of amides is 1. The summed E-state index contributed by atoms with van der Waals surface area (Å²) in [6, 6.07) is 12.1. The molecule has 0 spiro atoms. The summed E-state index contributed by atoms with van der Waals surface area (Å²) in [6.07, 6.45) is 0. The van der Waals surface area contributed by atoms with Crippen molar-refractivity contribution in [2.45, 2.75) is 0 Å². The molecule has 21 heavy (non-hydrogen) atoms. The van der Waals surface area contributed by atoms with E-state index in [1.165, 1.54) is 4.90 Å². The molecule has 0 aromatic heterocycles. The fourth-order valence-corrected chi connectivity index (χ4v) is 2.34. The zero-order valence-electron chi connectivity index (χ0n) is 11.1. The first-order valence-corrected chi connectivity index (χ1v) is 7.20. The van der Waals surface area contributed by atoms with Gasteiger partial charge in [-0.3, -0.25) is 4.79 Å². The Morgan fingerprint density at radius 1 is 1.19 bits per heavy atom. The Balaban J connectivity index is 2.37. The van der Waals surface area contributed by atoms with Crippen LogP contribution >= 0.6 is 35.4 Å². The van der Waals surface area contributed by atoms with Gasteiger partial charge in [0.25, 0.3) is 5.91 Å². The lowest BCUT2D eigenvalue weighted by atomic mass is 10.1. The van der Waals surface area contributed by atoms with Crippen LogP contribution in [0, 0.1) is 0 Å². The Labute approximate surface area is 138 Å². The molecular weight excluding hydrogens is 327 g/mol. The molecule has 0 fully saturated rings. The Kier molecular flexibility index (Phi) is 4.83. The largest absolute Gasteiger partial charge is 0.389 e. The summed E-state index contributed by atoms with van der Waals surface area (Å²) in [6.45, 7) is 0. The third-order valence-corrected chi connectivity index (χ3v) is 4.06. The van der Waals surface area contributed by atoms with Crippen LogP contribution in [0.2, 0.25) is 10.0 Å². The minimum Gasteiger partial charge on any atom is -0.389 e. The van der Waals surface area contributed by atoms with E-state index in [0.29, 0.717) is 21.8 Å². The maximum atomic E-state index is 12.5. The van der Waals surface area contributed by atoms with Gasteiger partial charge in [-0.2, -0.15) is 0 Å². The topological polar surface area (TPSA) is 46.3 Å². The minimum absolute atomic E-state index is 0.238. The number of carbonyl (C=O) groups excluding carboxylic acids is 1. The summed E-state index contributed by atoms with van der Waals surface area (Å²) in [5, 5.41) is 0.578. The van der Waals surface area contributed by atoms with E-state index in [-0.39, 0.29) is 15.9 Å². The van der Waals surface area contributed by atoms with E-state index in [1.54, 1.807) is 49.5 Å². The Hall–Kier alpha value is -1.62. The number of rotatable bonds is 3. The van der Waals surface area contributed by atoms with Crippen molar-refractivity contribution in [1.29, 1.82) is 0 Å². The van der Waals surface area contributed by atoms with Gasteiger partial charge in [0.1, 0.15) is 4.99 Å². The van der Waals surface area contributed by atoms with Crippen molar-refractivity contribution in [3.8, 4) is 0 Å². The summed E-state index contributed by atoms with van der Waals surface area (Å²) in [7, 11) is 1.65. The second-order valence-electron chi connectivity index (χ2n) is 4.38. The van der Waals surface area contributed by atoms with Gasteiger partial charge in [0, 0.05) is 18.3 Å². The summed E-state index contributed by atoms with van der Waals surface area (Å²) < 4.78 is 0. The zero-order valence-corrected chi connectivity index (χ0v) is 13.5. The van der Waals surface area contributed by atoms with E-state index < -0.39 is 0 Å². The van der Waals surface area contributed by atoms with Crippen LogP contribution in [0.3, 0.4) is 0 Å². The molecule has 0 atom stereocenters. The van der Waals surface area contributed by atoms with Gasteiger partial charge in [-0.25, -0.2) is 0 Å². The number of halogens is 2. The summed E-state index contributed by atoms with van der Waals surface area (Å²) in [4.78, 5) is 14.3. The van der Waals surface area contributed by atoms with Crippen molar-refractivity contribution in [2.24, 2.45) is 5.73 Å². The molecule has 1 amide bonds. The summed E-state index contributed by atoms with van der Waals surface area (Å²) in [5.41, 5.74) is 7.31. The fraction of sp³-hybridized carbons (Fsp3) is 0.0667. The maximum absolute atomic E-state index is 12.5. The van der Waals surface area contributed by atoms with Crippen LogP contribution in [0.4, 0.5) is 5.69 Å². The van der Waals surface area contributed by atoms with Crippen LogP contribution in [0.25, 0.3) is 0 Å². The zero-order chi connectivity index (χ0) is 15.6. The van der Waals surface area contributed by atoms with Crippen LogP contribution in [0.5, 0.6) is 0 Å². The molecular formula is C15H12Cl2N2OS. The third kappa shape index (κ3) is 3.35. The molecule has 3 nitrogen and oxygen atoms in total. The van der Waals surface area contributed by atoms with E-state index in [4.69, 9.17) is 41.2 Å². The Morgan fingerprint density at radius 2 is 1.86 bits per heavy atom. The fourth-order valence-electron chi connectivity index (χ4n) is 1.83. The predicted molar refractivity (Wildman–Crippen MR) is 91.5 cm³/mol. The first-order chi connectivity index (χ1) is 9.91. The Morgan fingerprint density at radius 3 is 2.52 bits per heavy atom. The molecule has 108 valence electrons. The van der Waals surface area contributed by atoms with E-state index in [2.05, 4.69) is 0 Å². The summed E-state index contributed by atoms with van der Waals surface area (Å²) >= 11 is 17.0. The van der Waals surface area contributed by atoms with E-state index in [9.17, 15) is 4.79 Å². The second kappa shape index (κ2) is 6.43. The van der Waals surface area contributed by atoms with Crippen LogP contribution in [0.15, 0.2) is 42.5 Å². The van der Waals surface area contributed by atoms with Gasteiger partial charge < -0.3 is 10.6 Å². The van der Waals surface area contributed by atoms with E-state index in [0.717, 1.165) is 0 Å². The molecule has 2 aromatic rings. The average Bonchev–Trinajstić information content (AvgIpc) is 2.48. The standard InChI is InChI=1S/C15H12Cl2N2OS/c1-19(10-5-2-4-9(8-10)14(18)21)15(20)11-6-3-7-12(16)13(11)17/h2-8H,1H3,(H2,18,21).